The first-order valence-electron chi connectivity index (χ1n) is 9.58. The minimum atomic E-state index is 0.848. The number of aromatic nitrogens is 3. The van der Waals surface area contributed by atoms with Crippen LogP contribution in [-0.4, -0.2) is 27.6 Å². The maximum absolute atomic E-state index is 4.90. The van der Waals surface area contributed by atoms with E-state index in [4.69, 9.17) is 9.97 Å². The minimum Gasteiger partial charge on any atom is -0.356 e. The fourth-order valence-corrected chi connectivity index (χ4v) is 4.50. The fraction of sp³-hybridized carbons (Fsp3) is 0.455. The molecule has 1 aliphatic rings. The molecule has 0 bridgehead atoms. The zero-order valence-corrected chi connectivity index (χ0v) is 16.8. The molecule has 1 fully saturated rings. The van der Waals surface area contributed by atoms with Crippen LogP contribution in [0.25, 0.3) is 16.7 Å². The maximum Gasteiger partial charge on any atom is 0.150 e. The van der Waals surface area contributed by atoms with Gasteiger partial charge in [-0.2, -0.15) is 0 Å². The lowest BCUT2D eigenvalue weighted by molar-refractivity contribution is 0.917. The summed E-state index contributed by atoms with van der Waals surface area (Å²) in [6, 6.07) is 4.52. The number of aryl methyl sites for hydroxylation is 5. The van der Waals surface area contributed by atoms with Gasteiger partial charge in [-0.05, 0) is 71.1 Å². The van der Waals surface area contributed by atoms with Crippen LogP contribution in [0.15, 0.2) is 12.1 Å². The molecule has 0 radical (unpaired) electrons. The Morgan fingerprint density at radius 1 is 0.846 bits per heavy atom. The lowest BCUT2D eigenvalue weighted by Crippen LogP contribution is -2.20. The van der Waals surface area contributed by atoms with Gasteiger partial charge in [-0.3, -0.25) is 4.57 Å². The molecule has 136 valence electrons. The molecule has 0 amide bonds. The summed E-state index contributed by atoms with van der Waals surface area (Å²) >= 11 is 0. The highest BCUT2D eigenvalue weighted by molar-refractivity contribution is 5.94. The lowest BCUT2D eigenvalue weighted by Gasteiger charge is -2.19. The SMILES string of the molecule is Cc1cc(C)c(-n2c(C)c(C)c3c(N4CCCC4)nc(C)nc32)c(C)c1. The van der Waals surface area contributed by atoms with E-state index in [9.17, 15) is 0 Å². The second-order valence-corrected chi connectivity index (χ2v) is 7.78. The van der Waals surface area contributed by atoms with Gasteiger partial charge in [0.05, 0.1) is 11.1 Å². The van der Waals surface area contributed by atoms with Gasteiger partial charge in [-0.15, -0.1) is 0 Å². The monoisotopic (exact) mass is 348 g/mol. The summed E-state index contributed by atoms with van der Waals surface area (Å²) in [7, 11) is 0. The summed E-state index contributed by atoms with van der Waals surface area (Å²) in [6.07, 6.45) is 2.50. The van der Waals surface area contributed by atoms with E-state index >= 15 is 0 Å². The second-order valence-electron chi connectivity index (χ2n) is 7.78. The normalized spacial score (nSPS) is 14.6. The summed E-state index contributed by atoms with van der Waals surface area (Å²) in [5, 5.41) is 1.22. The number of hydrogen-bond acceptors (Lipinski definition) is 3. The number of fused-ring (bicyclic) bond motifs is 1. The van der Waals surface area contributed by atoms with E-state index < -0.39 is 0 Å². The molecule has 1 aliphatic heterocycles. The van der Waals surface area contributed by atoms with Crippen LogP contribution in [0.3, 0.4) is 0 Å². The van der Waals surface area contributed by atoms with Gasteiger partial charge >= 0.3 is 0 Å². The Hall–Kier alpha value is -2.36. The van der Waals surface area contributed by atoms with Crippen molar-refractivity contribution in [1.29, 1.82) is 0 Å². The Bertz CT molecular complexity index is 984. The van der Waals surface area contributed by atoms with E-state index in [-0.39, 0.29) is 0 Å². The fourth-order valence-electron chi connectivity index (χ4n) is 4.50. The molecule has 0 N–H and O–H groups in total. The molecule has 0 spiro atoms. The van der Waals surface area contributed by atoms with Crippen LogP contribution in [0.5, 0.6) is 0 Å². The number of nitrogens with zero attached hydrogens (tertiary/aromatic N) is 4. The largest absolute Gasteiger partial charge is 0.356 e. The van der Waals surface area contributed by atoms with Gasteiger partial charge in [0.1, 0.15) is 11.6 Å². The van der Waals surface area contributed by atoms with E-state index in [0.717, 1.165) is 30.4 Å². The molecule has 0 atom stereocenters. The number of benzene rings is 1. The Balaban J connectivity index is 2.08. The summed E-state index contributed by atoms with van der Waals surface area (Å²) in [6.45, 7) is 15.2. The van der Waals surface area contributed by atoms with Crippen molar-refractivity contribution in [2.45, 2.75) is 54.4 Å². The molecule has 26 heavy (non-hydrogen) atoms. The van der Waals surface area contributed by atoms with Crippen molar-refractivity contribution in [2.24, 2.45) is 0 Å². The number of rotatable bonds is 2. The molecular formula is C22H28N4. The molecule has 0 aliphatic carbocycles. The molecular weight excluding hydrogens is 320 g/mol. The van der Waals surface area contributed by atoms with Crippen LogP contribution in [0.4, 0.5) is 5.82 Å². The van der Waals surface area contributed by atoms with Crippen molar-refractivity contribution in [3.63, 3.8) is 0 Å². The summed E-state index contributed by atoms with van der Waals surface area (Å²) in [5.74, 6) is 1.97. The molecule has 4 nitrogen and oxygen atoms in total. The lowest BCUT2D eigenvalue weighted by atomic mass is 10.0. The molecule has 2 aromatic heterocycles. The van der Waals surface area contributed by atoms with Crippen molar-refractivity contribution >= 4 is 16.9 Å². The van der Waals surface area contributed by atoms with Gasteiger partial charge in [0.25, 0.3) is 0 Å². The maximum atomic E-state index is 4.90. The minimum absolute atomic E-state index is 0.848. The summed E-state index contributed by atoms with van der Waals surface area (Å²) < 4.78 is 2.35. The third-order valence-electron chi connectivity index (χ3n) is 5.71. The van der Waals surface area contributed by atoms with Crippen molar-refractivity contribution in [1.82, 2.24) is 14.5 Å². The molecule has 3 heterocycles. The van der Waals surface area contributed by atoms with Gasteiger partial charge in [0, 0.05) is 18.8 Å². The highest BCUT2D eigenvalue weighted by Crippen LogP contribution is 2.36. The molecule has 1 saturated heterocycles. The Morgan fingerprint density at radius 2 is 1.46 bits per heavy atom. The molecule has 0 saturated carbocycles. The summed E-state index contributed by atoms with van der Waals surface area (Å²) in [5.41, 5.74) is 8.75. The topological polar surface area (TPSA) is 34.0 Å². The Kier molecular flexibility index (Phi) is 4.02. The van der Waals surface area contributed by atoms with E-state index in [1.807, 2.05) is 6.92 Å². The number of hydrogen-bond donors (Lipinski definition) is 0. The van der Waals surface area contributed by atoms with E-state index in [1.54, 1.807) is 0 Å². The quantitative estimate of drug-likeness (QED) is 0.662. The van der Waals surface area contributed by atoms with Crippen molar-refractivity contribution < 1.29 is 0 Å². The van der Waals surface area contributed by atoms with Gasteiger partial charge < -0.3 is 4.90 Å². The molecule has 0 unspecified atom stereocenters. The van der Waals surface area contributed by atoms with E-state index in [1.165, 1.54) is 51.9 Å². The second kappa shape index (κ2) is 6.11. The first-order chi connectivity index (χ1) is 12.4. The van der Waals surface area contributed by atoms with E-state index in [2.05, 4.69) is 56.2 Å². The number of anilines is 1. The Morgan fingerprint density at radius 3 is 2.08 bits per heavy atom. The van der Waals surface area contributed by atoms with Crippen molar-refractivity contribution in [2.75, 3.05) is 18.0 Å². The van der Waals surface area contributed by atoms with Gasteiger partial charge in [-0.1, -0.05) is 17.7 Å². The van der Waals surface area contributed by atoms with Gasteiger partial charge in [-0.25, -0.2) is 9.97 Å². The zero-order chi connectivity index (χ0) is 18.6. The average molecular weight is 348 g/mol. The van der Waals surface area contributed by atoms with Crippen molar-refractivity contribution in [3.8, 4) is 5.69 Å². The predicted molar refractivity (Wildman–Crippen MR) is 109 cm³/mol. The third kappa shape index (κ3) is 2.51. The third-order valence-corrected chi connectivity index (χ3v) is 5.71. The van der Waals surface area contributed by atoms with Crippen molar-refractivity contribution in [3.05, 3.63) is 45.9 Å². The highest BCUT2D eigenvalue weighted by atomic mass is 15.2. The Labute approximate surface area is 155 Å². The predicted octanol–water partition coefficient (Wildman–Crippen LogP) is 4.87. The standard InChI is InChI=1S/C22H28N4/c1-13-11-14(2)20(15(3)12-13)26-17(5)16(4)19-21(25-9-7-8-10-25)23-18(6)24-22(19)26/h11-12H,7-10H2,1-6H3. The van der Waals surface area contributed by atoms with Gasteiger partial charge in [0.2, 0.25) is 0 Å². The molecule has 4 heteroatoms. The smallest absolute Gasteiger partial charge is 0.150 e. The highest BCUT2D eigenvalue weighted by Gasteiger charge is 2.24. The van der Waals surface area contributed by atoms with Crippen LogP contribution in [0.1, 0.15) is 46.6 Å². The van der Waals surface area contributed by atoms with Crippen LogP contribution in [0, 0.1) is 41.5 Å². The van der Waals surface area contributed by atoms with Crippen LogP contribution >= 0.6 is 0 Å². The summed E-state index contributed by atoms with van der Waals surface area (Å²) in [4.78, 5) is 12.2. The first kappa shape index (κ1) is 17.1. The van der Waals surface area contributed by atoms with Crippen LogP contribution < -0.4 is 4.90 Å². The average Bonchev–Trinajstić information content (AvgIpc) is 3.17. The molecule has 4 rings (SSSR count). The van der Waals surface area contributed by atoms with Crippen LogP contribution in [0.2, 0.25) is 0 Å². The zero-order valence-electron chi connectivity index (χ0n) is 16.8. The molecule has 3 aromatic rings. The van der Waals surface area contributed by atoms with Gasteiger partial charge in [0.15, 0.2) is 5.65 Å². The molecule has 1 aromatic carbocycles. The van der Waals surface area contributed by atoms with E-state index in [0.29, 0.717) is 0 Å². The van der Waals surface area contributed by atoms with Crippen LogP contribution in [-0.2, 0) is 0 Å². The first-order valence-corrected chi connectivity index (χ1v) is 9.58.